The lowest BCUT2D eigenvalue weighted by atomic mass is 9.76. The molecule has 134 valence electrons. The number of likely N-dealkylation sites (tertiary alicyclic amines) is 1. The van der Waals surface area contributed by atoms with Gasteiger partial charge in [-0.1, -0.05) is 41.5 Å². The molecule has 0 unspecified atom stereocenters. The van der Waals surface area contributed by atoms with Crippen molar-refractivity contribution in [3.05, 3.63) is 53.1 Å². The molecule has 0 radical (unpaired) electrons. The molecule has 0 aromatic heterocycles. The van der Waals surface area contributed by atoms with E-state index in [0.717, 1.165) is 25.9 Å². The van der Waals surface area contributed by atoms with Crippen molar-refractivity contribution in [1.29, 1.82) is 0 Å². The average molecular weight is 338 g/mol. The molecule has 3 heteroatoms. The largest absolute Gasteiger partial charge is 0.346 e. The van der Waals surface area contributed by atoms with Gasteiger partial charge < -0.3 is 9.80 Å². The van der Waals surface area contributed by atoms with E-state index in [2.05, 4.69) is 73.9 Å². The molecule has 0 spiro atoms. The summed E-state index contributed by atoms with van der Waals surface area (Å²) in [4.78, 5) is 16.9. The first-order valence-electron chi connectivity index (χ1n) is 9.27. The van der Waals surface area contributed by atoms with Gasteiger partial charge in [-0.05, 0) is 52.2 Å². The Balaban J connectivity index is 2.12. The number of hydrogen-bond donors (Lipinski definition) is 0. The van der Waals surface area contributed by atoms with Crippen LogP contribution in [0.4, 0.5) is 5.69 Å². The van der Waals surface area contributed by atoms with Crippen molar-refractivity contribution in [2.45, 2.75) is 59.0 Å². The molecule has 2 heterocycles. The van der Waals surface area contributed by atoms with Gasteiger partial charge in [0.05, 0.1) is 0 Å². The molecule has 25 heavy (non-hydrogen) atoms. The predicted molar refractivity (Wildman–Crippen MR) is 105 cm³/mol. The molecule has 3 nitrogen and oxygen atoms in total. The normalized spacial score (nSPS) is 24.0. The van der Waals surface area contributed by atoms with Gasteiger partial charge >= 0.3 is 0 Å². The lowest BCUT2D eigenvalue weighted by molar-refractivity contribution is -0.130. The summed E-state index contributed by atoms with van der Waals surface area (Å²) < 4.78 is 0. The lowest BCUT2D eigenvalue weighted by Crippen LogP contribution is -2.51. The Kier molecular flexibility index (Phi) is 4.77. The number of carbonyl (C=O) groups excluding carboxylic acids is 1. The summed E-state index contributed by atoms with van der Waals surface area (Å²) in [6.45, 7) is 12.0. The van der Waals surface area contributed by atoms with Crippen molar-refractivity contribution in [2.75, 3.05) is 18.0 Å². The molecular weight excluding hydrogens is 308 g/mol. The van der Waals surface area contributed by atoms with Gasteiger partial charge in [0.15, 0.2) is 0 Å². The number of para-hydroxylation sites is 1. The lowest BCUT2D eigenvalue weighted by Gasteiger charge is -2.37. The van der Waals surface area contributed by atoms with Gasteiger partial charge in [-0.15, -0.1) is 0 Å². The summed E-state index contributed by atoms with van der Waals surface area (Å²) in [6, 6.07) is 8.74. The number of carbonyl (C=O) groups is 1. The molecule has 0 aliphatic carbocycles. The summed E-state index contributed by atoms with van der Waals surface area (Å²) in [5.74, 6) is 0.180. The van der Waals surface area contributed by atoms with Crippen LogP contribution in [0.25, 0.3) is 0 Å². The molecule has 1 amide bonds. The van der Waals surface area contributed by atoms with Crippen LogP contribution in [0.1, 0.15) is 53.0 Å². The summed E-state index contributed by atoms with van der Waals surface area (Å²) in [5, 5.41) is 0. The van der Waals surface area contributed by atoms with Crippen LogP contribution in [-0.2, 0) is 10.2 Å². The van der Waals surface area contributed by atoms with Crippen molar-refractivity contribution in [1.82, 2.24) is 4.90 Å². The highest BCUT2D eigenvalue weighted by atomic mass is 16.2. The fourth-order valence-electron chi connectivity index (χ4n) is 4.40. The number of anilines is 1. The number of allylic oxidation sites excluding steroid dienone is 3. The molecule has 3 rings (SSSR count). The monoisotopic (exact) mass is 338 g/mol. The highest BCUT2D eigenvalue weighted by Crippen LogP contribution is 2.54. The second-order valence-corrected chi connectivity index (χ2v) is 7.93. The molecule has 1 fully saturated rings. The third-order valence-electron chi connectivity index (χ3n) is 5.61. The SMILES string of the molecule is CC(=O)N1CC[C@@]2(CC=C(C)C)c3ccccc3N(CC=C(C)C)[C@@H]12. The Bertz CT molecular complexity index is 725. The first kappa shape index (κ1) is 17.8. The number of amides is 1. The van der Waals surface area contributed by atoms with E-state index >= 15 is 0 Å². The molecule has 0 N–H and O–H groups in total. The van der Waals surface area contributed by atoms with Crippen LogP contribution in [0.15, 0.2) is 47.6 Å². The Morgan fingerprint density at radius 2 is 1.80 bits per heavy atom. The first-order valence-corrected chi connectivity index (χ1v) is 9.27. The van der Waals surface area contributed by atoms with E-state index < -0.39 is 0 Å². The second-order valence-electron chi connectivity index (χ2n) is 7.93. The minimum absolute atomic E-state index is 0.00895. The molecule has 2 aliphatic heterocycles. The van der Waals surface area contributed by atoms with E-state index in [4.69, 9.17) is 0 Å². The molecule has 1 saturated heterocycles. The Morgan fingerprint density at radius 1 is 1.12 bits per heavy atom. The minimum atomic E-state index is 0.00895. The molecule has 1 aromatic rings. The van der Waals surface area contributed by atoms with Crippen molar-refractivity contribution in [2.24, 2.45) is 0 Å². The van der Waals surface area contributed by atoms with E-state index in [0.29, 0.717) is 0 Å². The number of nitrogens with zero attached hydrogens (tertiary/aromatic N) is 2. The van der Waals surface area contributed by atoms with Crippen LogP contribution in [0.5, 0.6) is 0 Å². The summed E-state index contributed by atoms with van der Waals surface area (Å²) in [5.41, 5.74) is 5.36. The zero-order valence-corrected chi connectivity index (χ0v) is 16.2. The van der Waals surface area contributed by atoms with E-state index in [9.17, 15) is 4.79 Å². The van der Waals surface area contributed by atoms with Gasteiger partial charge in [-0.3, -0.25) is 4.79 Å². The van der Waals surface area contributed by atoms with Gasteiger partial charge in [-0.2, -0.15) is 0 Å². The van der Waals surface area contributed by atoms with Gasteiger partial charge in [0.1, 0.15) is 6.17 Å². The Morgan fingerprint density at radius 3 is 2.44 bits per heavy atom. The average Bonchev–Trinajstić information content (AvgIpc) is 3.05. The van der Waals surface area contributed by atoms with Gasteiger partial charge in [0.25, 0.3) is 0 Å². The zero-order valence-electron chi connectivity index (χ0n) is 16.2. The summed E-state index contributed by atoms with van der Waals surface area (Å²) in [6.07, 6.45) is 6.76. The van der Waals surface area contributed by atoms with Crippen LogP contribution in [0.2, 0.25) is 0 Å². The molecule has 0 bridgehead atoms. The maximum absolute atomic E-state index is 12.4. The fourth-order valence-corrected chi connectivity index (χ4v) is 4.40. The highest BCUT2D eigenvalue weighted by molar-refractivity contribution is 5.77. The van der Waals surface area contributed by atoms with Gasteiger partial charge in [0.2, 0.25) is 5.91 Å². The summed E-state index contributed by atoms with van der Waals surface area (Å²) >= 11 is 0. The Hall–Kier alpha value is -2.03. The highest BCUT2D eigenvalue weighted by Gasteiger charge is 2.56. The van der Waals surface area contributed by atoms with Crippen molar-refractivity contribution >= 4 is 11.6 Å². The van der Waals surface area contributed by atoms with Crippen LogP contribution in [-0.4, -0.2) is 30.1 Å². The first-order chi connectivity index (χ1) is 11.9. The van der Waals surface area contributed by atoms with E-state index in [-0.39, 0.29) is 17.5 Å². The van der Waals surface area contributed by atoms with Crippen LogP contribution >= 0.6 is 0 Å². The molecule has 0 saturated carbocycles. The number of hydrogen-bond acceptors (Lipinski definition) is 2. The predicted octanol–water partition coefficient (Wildman–Crippen LogP) is 4.65. The maximum Gasteiger partial charge on any atom is 0.221 e. The van der Waals surface area contributed by atoms with E-state index in [1.54, 1.807) is 6.92 Å². The number of fused-ring (bicyclic) bond motifs is 3. The second kappa shape index (κ2) is 6.70. The van der Waals surface area contributed by atoms with Crippen molar-refractivity contribution in [3.63, 3.8) is 0 Å². The zero-order chi connectivity index (χ0) is 18.2. The standard InChI is InChI=1S/C22H30N2O/c1-16(2)10-12-22-13-15-23(18(5)25)21(22)24(14-11-17(3)4)20-9-7-6-8-19(20)22/h6-11,21H,12-15H2,1-5H3/t21-,22+/m1/s1. The molecule has 2 atom stereocenters. The van der Waals surface area contributed by atoms with Crippen LogP contribution in [0, 0.1) is 0 Å². The minimum Gasteiger partial charge on any atom is -0.346 e. The molecule has 1 aromatic carbocycles. The Labute approximate surface area is 152 Å². The smallest absolute Gasteiger partial charge is 0.221 e. The number of benzene rings is 1. The molecular formula is C22H30N2O. The molecule has 2 aliphatic rings. The third kappa shape index (κ3) is 3.01. The quantitative estimate of drug-likeness (QED) is 0.746. The van der Waals surface area contributed by atoms with Gasteiger partial charge in [-0.25, -0.2) is 0 Å². The van der Waals surface area contributed by atoms with E-state index in [1.807, 2.05) is 0 Å². The summed E-state index contributed by atoms with van der Waals surface area (Å²) in [7, 11) is 0. The van der Waals surface area contributed by atoms with Crippen LogP contribution in [0.3, 0.4) is 0 Å². The maximum atomic E-state index is 12.4. The van der Waals surface area contributed by atoms with E-state index in [1.165, 1.54) is 22.4 Å². The van der Waals surface area contributed by atoms with Crippen molar-refractivity contribution < 1.29 is 4.79 Å². The van der Waals surface area contributed by atoms with Gasteiger partial charge in [0, 0.05) is 31.1 Å². The fraction of sp³-hybridized carbons (Fsp3) is 0.500. The van der Waals surface area contributed by atoms with Crippen LogP contribution < -0.4 is 4.90 Å². The number of rotatable bonds is 4. The topological polar surface area (TPSA) is 23.6 Å². The third-order valence-corrected chi connectivity index (χ3v) is 5.61. The van der Waals surface area contributed by atoms with Crippen molar-refractivity contribution in [3.8, 4) is 0 Å².